The Balaban J connectivity index is 0.000000561. The molecule has 0 aromatic heterocycles. The van der Waals surface area contributed by atoms with Crippen LogP contribution in [0.5, 0.6) is 0 Å². The zero-order valence-corrected chi connectivity index (χ0v) is 8.72. The number of hydrogen-bond acceptors (Lipinski definition) is 1. The Morgan fingerprint density at radius 3 is 2.67 bits per heavy atom. The molecule has 0 heterocycles. The summed E-state index contributed by atoms with van der Waals surface area (Å²) in [6, 6.07) is 10.1. The van der Waals surface area contributed by atoms with E-state index in [1.165, 1.54) is 6.92 Å². The molecule has 0 aliphatic carbocycles. The van der Waals surface area contributed by atoms with Crippen LogP contribution in [0, 0.1) is 6.07 Å². The van der Waals surface area contributed by atoms with Gasteiger partial charge in [0.05, 0.1) is 0 Å². The van der Waals surface area contributed by atoms with Crippen molar-refractivity contribution in [1.29, 1.82) is 0 Å². The molecule has 0 aliphatic rings. The van der Waals surface area contributed by atoms with E-state index in [1.54, 1.807) is 12.1 Å². The Bertz CT molecular complexity index is 228. The number of halogens is 1. The normalized spacial score (nSPS) is 8.00. The molecule has 0 aliphatic heterocycles. The van der Waals surface area contributed by atoms with E-state index in [2.05, 4.69) is 39.1 Å². The van der Waals surface area contributed by atoms with Crippen LogP contribution >= 0.6 is 9.53 Å². The number of nitrogens with one attached hydrogen (secondary N) is 1. The van der Waals surface area contributed by atoms with E-state index in [9.17, 15) is 4.79 Å². The number of para-hydroxylation sites is 1. The van der Waals surface area contributed by atoms with Crippen molar-refractivity contribution in [3.8, 4) is 0 Å². The number of anilines is 1. The Morgan fingerprint density at radius 1 is 1.58 bits per heavy atom. The SMILES string of the molecule is CC(=O)Nc1[c-]cccc1.[Cl][Pd+]. The summed E-state index contributed by atoms with van der Waals surface area (Å²) < 4.78 is 0. The van der Waals surface area contributed by atoms with Crippen LogP contribution < -0.4 is 5.32 Å². The first kappa shape index (κ1) is 11.6. The first-order chi connectivity index (χ1) is 5.79. The van der Waals surface area contributed by atoms with Gasteiger partial charge in [-0.15, -0.1) is 6.07 Å². The summed E-state index contributed by atoms with van der Waals surface area (Å²) in [7, 11) is 4.49. The summed E-state index contributed by atoms with van der Waals surface area (Å²) in [4.78, 5) is 10.5. The molecule has 1 aromatic carbocycles. The summed E-state index contributed by atoms with van der Waals surface area (Å²) in [6.07, 6.45) is 0. The fraction of sp³-hybridized carbons (Fsp3) is 0.125. The van der Waals surface area contributed by atoms with Crippen LogP contribution in [0.3, 0.4) is 0 Å². The summed E-state index contributed by atoms with van der Waals surface area (Å²) in [6.45, 7) is 1.47. The molecular weight excluding hydrogens is 268 g/mol. The molecule has 1 N–H and O–H groups in total. The molecule has 2 nitrogen and oxygen atoms in total. The fourth-order valence-electron chi connectivity index (χ4n) is 0.661. The molecule has 0 spiro atoms. The zero-order valence-electron chi connectivity index (χ0n) is 6.41. The fourth-order valence-corrected chi connectivity index (χ4v) is 0.661. The van der Waals surface area contributed by atoms with Gasteiger partial charge in [-0.2, -0.15) is 24.3 Å². The van der Waals surface area contributed by atoms with Crippen molar-refractivity contribution in [2.75, 3.05) is 5.32 Å². The molecule has 12 heavy (non-hydrogen) atoms. The molecule has 0 fully saturated rings. The van der Waals surface area contributed by atoms with Gasteiger partial charge in [-0.05, 0) is 0 Å². The molecule has 4 heteroatoms. The Hall–Kier alpha value is -0.358. The predicted octanol–water partition coefficient (Wildman–Crippen LogP) is 2.13. The number of benzene rings is 1. The van der Waals surface area contributed by atoms with Crippen molar-refractivity contribution >= 4 is 21.1 Å². The molecule has 0 bridgehead atoms. The quantitative estimate of drug-likeness (QED) is 0.618. The second-order valence-electron chi connectivity index (χ2n) is 1.96. The van der Waals surface area contributed by atoms with Gasteiger partial charge < -0.3 is 5.32 Å². The van der Waals surface area contributed by atoms with Crippen LogP contribution in [0.4, 0.5) is 5.69 Å². The van der Waals surface area contributed by atoms with E-state index in [0.29, 0.717) is 0 Å². The number of hydrogen-bond donors (Lipinski definition) is 1. The van der Waals surface area contributed by atoms with Gasteiger partial charge in [-0.25, -0.2) is 0 Å². The molecule has 0 saturated carbocycles. The van der Waals surface area contributed by atoms with E-state index >= 15 is 0 Å². The monoisotopic (exact) mass is 275 g/mol. The van der Waals surface area contributed by atoms with E-state index in [4.69, 9.17) is 0 Å². The Labute approximate surface area is 86.7 Å². The number of carbonyl (C=O) groups excluding carboxylic acids is 1. The van der Waals surface area contributed by atoms with Crippen LogP contribution in [0.25, 0.3) is 0 Å². The second-order valence-corrected chi connectivity index (χ2v) is 1.96. The van der Waals surface area contributed by atoms with E-state index in [1.807, 2.05) is 12.1 Å². The van der Waals surface area contributed by atoms with Crippen LogP contribution in [-0.4, -0.2) is 5.91 Å². The molecule has 1 amide bonds. The second kappa shape index (κ2) is 7.30. The minimum absolute atomic E-state index is 0.0672. The van der Waals surface area contributed by atoms with Gasteiger partial charge in [0.15, 0.2) is 0 Å². The topological polar surface area (TPSA) is 29.1 Å². The Kier molecular flexibility index (Phi) is 7.08. The van der Waals surface area contributed by atoms with Crippen LogP contribution in [0.1, 0.15) is 6.92 Å². The van der Waals surface area contributed by atoms with E-state index in [0.717, 1.165) is 5.69 Å². The van der Waals surface area contributed by atoms with E-state index < -0.39 is 0 Å². The van der Waals surface area contributed by atoms with Gasteiger partial charge >= 0.3 is 27.7 Å². The summed E-state index contributed by atoms with van der Waals surface area (Å²) in [5.74, 6) is -0.0672. The standard InChI is InChI=1S/C8H8NO.ClH.Pd/c1-7(10)9-8-5-3-2-4-6-8;;/h2-5H,1H3,(H,9,10);1H;/q-1;;+2/p-1. The maximum absolute atomic E-state index is 10.5. The first-order valence-corrected chi connectivity index (χ1v) is 5.15. The summed E-state index contributed by atoms with van der Waals surface area (Å²) in [5, 5.41) is 2.61. The molecule has 0 unspecified atom stereocenters. The van der Waals surface area contributed by atoms with Gasteiger partial charge in [-0.3, -0.25) is 4.79 Å². The number of carbonyl (C=O) groups is 1. The van der Waals surface area contributed by atoms with Gasteiger partial charge in [0.25, 0.3) is 0 Å². The maximum atomic E-state index is 10.5. The average molecular weight is 276 g/mol. The van der Waals surface area contributed by atoms with Gasteiger partial charge in [-0.1, -0.05) is 5.69 Å². The molecule has 1 aromatic rings. The van der Waals surface area contributed by atoms with Crippen molar-refractivity contribution in [2.24, 2.45) is 0 Å². The number of amides is 1. The Morgan fingerprint density at radius 2 is 2.25 bits per heavy atom. The van der Waals surface area contributed by atoms with Crippen LogP contribution in [0.2, 0.25) is 0 Å². The number of rotatable bonds is 1. The summed E-state index contributed by atoms with van der Waals surface area (Å²) in [5.41, 5.74) is 0.718. The third-order valence-electron chi connectivity index (χ3n) is 1.02. The van der Waals surface area contributed by atoms with Gasteiger partial charge in [0, 0.05) is 6.92 Å². The van der Waals surface area contributed by atoms with Crippen molar-refractivity contribution in [2.45, 2.75) is 6.92 Å². The molecule has 0 atom stereocenters. The van der Waals surface area contributed by atoms with Crippen molar-refractivity contribution in [1.82, 2.24) is 0 Å². The van der Waals surface area contributed by atoms with Crippen molar-refractivity contribution in [3.63, 3.8) is 0 Å². The van der Waals surface area contributed by atoms with E-state index in [-0.39, 0.29) is 5.91 Å². The minimum atomic E-state index is -0.0672. The molecular formula is C8H8ClNOPd. The summed E-state index contributed by atoms with van der Waals surface area (Å²) >= 11 is 2.22. The molecule has 0 radical (unpaired) electrons. The van der Waals surface area contributed by atoms with Crippen LogP contribution in [-0.2, 0) is 23.0 Å². The first-order valence-electron chi connectivity index (χ1n) is 3.15. The van der Waals surface area contributed by atoms with Gasteiger partial charge in [0.2, 0.25) is 5.91 Å². The third kappa shape index (κ3) is 5.31. The molecule has 68 valence electrons. The van der Waals surface area contributed by atoms with Gasteiger partial charge in [0.1, 0.15) is 0 Å². The molecule has 1 rings (SSSR count). The van der Waals surface area contributed by atoms with Crippen molar-refractivity contribution in [3.05, 3.63) is 30.3 Å². The van der Waals surface area contributed by atoms with Crippen molar-refractivity contribution < 1.29 is 23.0 Å². The zero-order chi connectivity index (χ0) is 9.40. The third-order valence-corrected chi connectivity index (χ3v) is 1.02. The van der Waals surface area contributed by atoms with Crippen LogP contribution in [0.15, 0.2) is 24.3 Å². The predicted molar refractivity (Wildman–Crippen MR) is 45.4 cm³/mol. The molecule has 0 saturated heterocycles. The average Bonchev–Trinajstić information content (AvgIpc) is 2.08.